The van der Waals surface area contributed by atoms with Crippen LogP contribution in [-0.2, 0) is 11.3 Å². The van der Waals surface area contributed by atoms with Gasteiger partial charge < -0.3 is 20.1 Å². The van der Waals surface area contributed by atoms with Gasteiger partial charge in [0, 0.05) is 38.3 Å². The maximum atomic E-state index is 12.5. The summed E-state index contributed by atoms with van der Waals surface area (Å²) in [7, 11) is 1.70. The fraction of sp³-hybridized carbons (Fsp3) is 0.286. The van der Waals surface area contributed by atoms with Crippen LogP contribution in [-0.4, -0.2) is 52.3 Å². The Balaban J connectivity index is 1.50. The Morgan fingerprint density at radius 3 is 2.90 bits per heavy atom. The maximum Gasteiger partial charge on any atom is 0.274 e. The molecular weight excluding hydrogens is 384 g/mol. The van der Waals surface area contributed by atoms with E-state index in [1.807, 2.05) is 12.1 Å². The zero-order valence-corrected chi connectivity index (χ0v) is 16.4. The van der Waals surface area contributed by atoms with E-state index in [-0.39, 0.29) is 24.1 Å². The van der Waals surface area contributed by atoms with Crippen molar-refractivity contribution in [1.29, 1.82) is 5.26 Å². The van der Waals surface area contributed by atoms with Gasteiger partial charge in [0.15, 0.2) is 11.4 Å². The zero-order valence-electron chi connectivity index (χ0n) is 16.4. The number of aromatic nitrogens is 3. The highest BCUT2D eigenvalue weighted by molar-refractivity contribution is 6.00. The molecule has 0 aliphatic carbocycles. The number of aromatic hydroxyl groups is 1. The lowest BCUT2D eigenvalue weighted by Gasteiger charge is -2.17. The number of hydrogen-bond acceptors (Lipinski definition) is 8. The normalized spacial score (nSPS) is 15.9. The first-order valence-electron chi connectivity index (χ1n) is 9.48. The van der Waals surface area contributed by atoms with Crippen LogP contribution in [0.3, 0.4) is 0 Å². The summed E-state index contributed by atoms with van der Waals surface area (Å²) in [6.45, 7) is 1.81. The molecule has 0 spiro atoms. The molecule has 0 saturated carbocycles. The number of nitrogens with one attached hydrogen (secondary N) is 1. The number of methoxy groups -OCH3 is 1. The Morgan fingerprint density at radius 1 is 1.33 bits per heavy atom. The molecule has 4 heterocycles. The van der Waals surface area contributed by atoms with Crippen LogP contribution < -0.4 is 10.2 Å². The summed E-state index contributed by atoms with van der Waals surface area (Å²) in [5.41, 5.74) is 1.48. The summed E-state index contributed by atoms with van der Waals surface area (Å²) in [4.78, 5) is 27.3. The van der Waals surface area contributed by atoms with Crippen molar-refractivity contribution in [2.24, 2.45) is 0 Å². The van der Waals surface area contributed by atoms with Crippen LogP contribution in [0, 0.1) is 11.3 Å². The van der Waals surface area contributed by atoms with Gasteiger partial charge in [-0.1, -0.05) is 6.07 Å². The second-order valence-corrected chi connectivity index (χ2v) is 7.00. The summed E-state index contributed by atoms with van der Waals surface area (Å²) >= 11 is 0. The first-order valence-corrected chi connectivity index (χ1v) is 9.48. The Morgan fingerprint density at radius 2 is 2.20 bits per heavy atom. The number of nitrogens with zero attached hydrogens (tertiary/aromatic N) is 5. The zero-order chi connectivity index (χ0) is 21.1. The average molecular weight is 404 g/mol. The van der Waals surface area contributed by atoms with Gasteiger partial charge in [-0.3, -0.25) is 4.79 Å². The van der Waals surface area contributed by atoms with E-state index in [1.165, 1.54) is 12.4 Å². The molecular formula is C21H20N6O3. The molecule has 9 heteroatoms. The van der Waals surface area contributed by atoms with E-state index in [9.17, 15) is 9.90 Å². The number of pyridine rings is 3. The molecule has 1 atom stereocenters. The second kappa shape index (κ2) is 8.31. The van der Waals surface area contributed by atoms with Crippen LogP contribution in [0.4, 0.5) is 5.82 Å². The van der Waals surface area contributed by atoms with E-state index in [2.05, 4.69) is 25.2 Å². The highest BCUT2D eigenvalue weighted by Gasteiger charge is 2.24. The lowest BCUT2D eigenvalue weighted by molar-refractivity contribution is 0.0943. The largest absolute Gasteiger partial charge is 0.505 e. The molecule has 1 aliphatic rings. The summed E-state index contributed by atoms with van der Waals surface area (Å²) in [5.74, 6) is 0.0669. The van der Waals surface area contributed by atoms with Crippen molar-refractivity contribution < 1.29 is 14.6 Å². The van der Waals surface area contributed by atoms with E-state index in [4.69, 9.17) is 10.00 Å². The number of nitriles is 1. The summed E-state index contributed by atoms with van der Waals surface area (Å²) < 4.78 is 5.39. The Bertz CT molecular complexity index is 1130. The number of amides is 1. The molecule has 0 radical (unpaired) electrons. The van der Waals surface area contributed by atoms with Gasteiger partial charge in [0.2, 0.25) is 0 Å². The predicted molar refractivity (Wildman–Crippen MR) is 109 cm³/mol. The quantitative estimate of drug-likeness (QED) is 0.659. The molecule has 0 bridgehead atoms. The highest BCUT2D eigenvalue weighted by Crippen LogP contribution is 2.29. The highest BCUT2D eigenvalue weighted by atomic mass is 16.5. The minimum atomic E-state index is -0.509. The molecule has 2 N–H and O–H groups in total. The van der Waals surface area contributed by atoms with Crippen molar-refractivity contribution in [3.05, 3.63) is 53.6 Å². The van der Waals surface area contributed by atoms with Crippen molar-refractivity contribution >= 4 is 22.6 Å². The fourth-order valence-electron chi connectivity index (χ4n) is 3.41. The van der Waals surface area contributed by atoms with Crippen LogP contribution in [0.25, 0.3) is 10.9 Å². The van der Waals surface area contributed by atoms with Gasteiger partial charge in [-0.2, -0.15) is 5.26 Å². The van der Waals surface area contributed by atoms with Crippen molar-refractivity contribution in [1.82, 2.24) is 20.3 Å². The molecule has 1 aliphatic heterocycles. The minimum absolute atomic E-state index is 0.0701. The van der Waals surface area contributed by atoms with Crippen molar-refractivity contribution in [2.75, 3.05) is 25.1 Å². The van der Waals surface area contributed by atoms with Crippen molar-refractivity contribution in [3.63, 3.8) is 0 Å². The van der Waals surface area contributed by atoms with Gasteiger partial charge in [-0.05, 0) is 30.2 Å². The number of anilines is 1. The molecule has 3 aromatic rings. The molecule has 9 nitrogen and oxygen atoms in total. The molecule has 1 amide bonds. The average Bonchev–Trinajstić information content (AvgIpc) is 3.27. The van der Waals surface area contributed by atoms with Gasteiger partial charge in [0.25, 0.3) is 5.91 Å². The lowest BCUT2D eigenvalue weighted by Crippen LogP contribution is -2.24. The molecule has 3 aromatic heterocycles. The van der Waals surface area contributed by atoms with Crippen LogP contribution >= 0.6 is 0 Å². The molecule has 0 unspecified atom stereocenters. The fourth-order valence-corrected chi connectivity index (χ4v) is 3.41. The second-order valence-electron chi connectivity index (χ2n) is 7.00. The van der Waals surface area contributed by atoms with E-state index < -0.39 is 5.91 Å². The minimum Gasteiger partial charge on any atom is -0.505 e. The number of carbonyl (C=O) groups excluding carboxylic acids is 1. The molecule has 152 valence electrons. The van der Waals surface area contributed by atoms with Gasteiger partial charge >= 0.3 is 0 Å². The number of hydrogen-bond donors (Lipinski definition) is 2. The van der Waals surface area contributed by atoms with E-state index in [0.29, 0.717) is 16.6 Å². The Labute approximate surface area is 173 Å². The smallest absolute Gasteiger partial charge is 0.274 e. The molecule has 1 fully saturated rings. The monoisotopic (exact) mass is 404 g/mol. The van der Waals surface area contributed by atoms with Gasteiger partial charge in [-0.25, -0.2) is 15.0 Å². The first-order chi connectivity index (χ1) is 14.6. The van der Waals surface area contributed by atoms with Crippen LogP contribution in [0.15, 0.2) is 36.7 Å². The van der Waals surface area contributed by atoms with Gasteiger partial charge in [0.05, 0.1) is 17.8 Å². The Kier molecular flexibility index (Phi) is 5.41. The molecule has 30 heavy (non-hydrogen) atoms. The van der Waals surface area contributed by atoms with E-state index >= 15 is 0 Å². The standard InChI is InChI=1S/C21H20N6O3/c1-30-15-6-7-27(12-15)18-5-4-16-17(26-18)11-24-19(20(16)28)21(29)25-10-13-2-3-14(8-22)23-9-13/h2-5,9,11,15,28H,6-7,10,12H2,1H3,(H,25,29)/t15-/m1/s1. The third-order valence-corrected chi connectivity index (χ3v) is 5.12. The predicted octanol–water partition coefficient (Wildman–Crippen LogP) is 1.76. The lowest BCUT2D eigenvalue weighted by atomic mass is 10.2. The van der Waals surface area contributed by atoms with Crippen LogP contribution in [0.1, 0.15) is 28.2 Å². The number of fused-ring (bicyclic) bond motifs is 1. The summed E-state index contributed by atoms with van der Waals surface area (Å²) in [6.07, 6.45) is 4.13. The van der Waals surface area contributed by atoms with E-state index in [0.717, 1.165) is 30.9 Å². The van der Waals surface area contributed by atoms with E-state index in [1.54, 1.807) is 25.3 Å². The SMILES string of the molecule is CO[C@@H]1CCN(c2ccc3c(O)c(C(=O)NCc4ccc(C#N)nc4)ncc3n2)C1. The maximum absolute atomic E-state index is 12.5. The van der Waals surface area contributed by atoms with Crippen molar-refractivity contribution in [3.8, 4) is 11.8 Å². The van der Waals surface area contributed by atoms with Crippen LogP contribution in [0.5, 0.6) is 5.75 Å². The van der Waals surface area contributed by atoms with Crippen LogP contribution in [0.2, 0.25) is 0 Å². The summed E-state index contributed by atoms with van der Waals surface area (Å²) in [6, 6.07) is 8.79. The number of rotatable bonds is 5. The molecule has 0 aromatic carbocycles. The first kappa shape index (κ1) is 19.5. The topological polar surface area (TPSA) is 124 Å². The number of ether oxygens (including phenoxy) is 1. The molecule has 1 saturated heterocycles. The van der Waals surface area contributed by atoms with Gasteiger partial charge in [-0.15, -0.1) is 0 Å². The van der Waals surface area contributed by atoms with Gasteiger partial charge in [0.1, 0.15) is 17.6 Å². The number of carbonyl (C=O) groups is 1. The van der Waals surface area contributed by atoms with Crippen molar-refractivity contribution in [2.45, 2.75) is 19.1 Å². The third-order valence-electron chi connectivity index (χ3n) is 5.12. The Hall–Kier alpha value is -3.77. The third kappa shape index (κ3) is 3.86. The summed E-state index contributed by atoms with van der Waals surface area (Å²) in [5, 5.41) is 22.5. The molecule has 4 rings (SSSR count).